The lowest BCUT2D eigenvalue weighted by atomic mass is 11.8. The summed E-state index contributed by atoms with van der Waals surface area (Å²) in [7, 11) is -10.2. The lowest BCUT2D eigenvalue weighted by Crippen LogP contribution is -2.58. The van der Waals surface area contributed by atoms with Gasteiger partial charge >= 0.3 is 34.2 Å². The maximum atomic E-state index is 6.42. The van der Waals surface area contributed by atoms with Gasteiger partial charge in [0.05, 0.1) is 0 Å². The van der Waals surface area contributed by atoms with Crippen LogP contribution in [0, 0.1) is 0 Å². The van der Waals surface area contributed by atoms with Gasteiger partial charge in [0.15, 0.2) is 8.32 Å². The van der Waals surface area contributed by atoms with Crippen molar-refractivity contribution in [3.05, 3.63) is 0 Å². The standard InChI is InChI=1S/C12H36O5Si6/c1-18-13-20(5,6)15-22(9,10)17-23(11,12)16-21(7,8)14-19(2,3)4/h1-12H3. The van der Waals surface area contributed by atoms with Crippen LogP contribution in [0.25, 0.3) is 0 Å². The minimum atomic E-state index is -2.33. The van der Waals surface area contributed by atoms with E-state index < -0.39 is 42.6 Å². The maximum Gasteiger partial charge on any atom is 0.314 e. The molecule has 0 atom stereocenters. The highest BCUT2D eigenvalue weighted by atomic mass is 28.5. The molecule has 0 saturated heterocycles. The molecule has 0 spiro atoms. The van der Waals surface area contributed by atoms with Gasteiger partial charge in [0.1, 0.15) is 0 Å². The van der Waals surface area contributed by atoms with Crippen molar-refractivity contribution in [1.29, 1.82) is 0 Å². The minimum absolute atomic E-state index is 0.443. The normalized spacial score (nSPS) is 15.1. The highest BCUT2D eigenvalue weighted by Gasteiger charge is 2.45. The predicted octanol–water partition coefficient (Wildman–Crippen LogP) is 4.38. The molecule has 0 fully saturated rings. The molecule has 0 saturated carbocycles. The third-order valence-corrected chi connectivity index (χ3v) is 21.4. The zero-order valence-corrected chi connectivity index (χ0v) is 23.0. The largest absolute Gasteiger partial charge is 0.437 e. The summed E-state index contributed by atoms with van der Waals surface area (Å²) in [5.41, 5.74) is 0. The minimum Gasteiger partial charge on any atom is -0.437 e. The lowest BCUT2D eigenvalue weighted by molar-refractivity contribution is 0.285. The molecule has 23 heavy (non-hydrogen) atoms. The fourth-order valence-corrected chi connectivity index (χ4v) is 27.1. The van der Waals surface area contributed by atoms with E-state index >= 15 is 0 Å². The first-order valence-electron chi connectivity index (χ1n) is 8.04. The van der Waals surface area contributed by atoms with E-state index in [0.717, 1.165) is 0 Å². The van der Waals surface area contributed by atoms with Crippen molar-refractivity contribution in [3.8, 4) is 0 Å². The first-order chi connectivity index (χ1) is 9.89. The molecule has 5 nitrogen and oxygen atoms in total. The molecule has 0 aliphatic heterocycles. The molecule has 0 rings (SSSR count). The van der Waals surface area contributed by atoms with Gasteiger partial charge in [-0.25, -0.2) is 0 Å². The molecule has 0 aromatic carbocycles. The molecule has 0 aromatic rings. The molecule has 138 valence electrons. The summed E-state index contributed by atoms with van der Waals surface area (Å²) in [6.07, 6.45) is 0. The SMILES string of the molecule is C[Si]O[Si](C)(C)O[Si](C)(C)O[Si](C)(C)O[Si](C)(C)O[Si](C)(C)C. The first-order valence-corrected chi connectivity index (χ1v) is 24.1. The van der Waals surface area contributed by atoms with E-state index in [9.17, 15) is 0 Å². The van der Waals surface area contributed by atoms with Crippen molar-refractivity contribution >= 4 is 52.3 Å². The summed E-state index contributed by atoms with van der Waals surface area (Å²) in [6, 6.07) is 0. The summed E-state index contributed by atoms with van der Waals surface area (Å²) in [5, 5.41) is 0. The summed E-state index contributed by atoms with van der Waals surface area (Å²) in [5.74, 6) is 0. The van der Waals surface area contributed by atoms with E-state index in [2.05, 4.69) is 72.0 Å². The molecule has 11 heteroatoms. The van der Waals surface area contributed by atoms with Crippen LogP contribution in [0.1, 0.15) is 0 Å². The highest BCUT2D eigenvalue weighted by Crippen LogP contribution is 2.25. The van der Waals surface area contributed by atoms with Crippen LogP contribution in [-0.2, 0) is 20.6 Å². The zero-order valence-electron chi connectivity index (χ0n) is 17.0. The number of hydrogen-bond donors (Lipinski definition) is 0. The van der Waals surface area contributed by atoms with Crippen LogP contribution in [-0.4, -0.2) is 52.3 Å². The molecule has 0 N–H and O–H groups in total. The van der Waals surface area contributed by atoms with Gasteiger partial charge in [-0.1, -0.05) is 0 Å². The average Bonchev–Trinajstić information content (AvgIpc) is 2.03. The molecule has 0 aliphatic carbocycles. The zero-order chi connectivity index (χ0) is 18.7. The van der Waals surface area contributed by atoms with Crippen LogP contribution < -0.4 is 0 Å². The van der Waals surface area contributed by atoms with Crippen LogP contribution in [0.5, 0.6) is 0 Å². The Morgan fingerprint density at radius 2 is 0.783 bits per heavy atom. The average molecular weight is 429 g/mol. The summed E-state index contributed by atoms with van der Waals surface area (Å²) in [6.45, 7) is 25.3. The Labute approximate surface area is 151 Å². The van der Waals surface area contributed by atoms with Gasteiger partial charge in [-0.05, 0) is 78.6 Å². The van der Waals surface area contributed by atoms with Gasteiger partial charge < -0.3 is 20.6 Å². The Bertz CT molecular complexity index is 381. The molecule has 0 heterocycles. The summed E-state index contributed by atoms with van der Waals surface area (Å²) < 4.78 is 31.2. The second-order valence-corrected chi connectivity index (χ2v) is 28.3. The van der Waals surface area contributed by atoms with E-state index in [1.807, 2.05) is 6.55 Å². The van der Waals surface area contributed by atoms with Gasteiger partial charge in [-0.2, -0.15) is 0 Å². The Balaban J connectivity index is 4.89. The lowest BCUT2D eigenvalue weighted by Gasteiger charge is -2.41. The highest BCUT2D eigenvalue weighted by molar-refractivity contribution is 6.90. The van der Waals surface area contributed by atoms with Crippen LogP contribution in [0.4, 0.5) is 0 Å². The van der Waals surface area contributed by atoms with Crippen LogP contribution in [0.2, 0.25) is 78.6 Å². The molecule has 0 unspecified atom stereocenters. The molecule has 0 bridgehead atoms. The van der Waals surface area contributed by atoms with Crippen molar-refractivity contribution in [1.82, 2.24) is 0 Å². The Morgan fingerprint density at radius 3 is 1.09 bits per heavy atom. The Morgan fingerprint density at radius 1 is 0.478 bits per heavy atom. The maximum absolute atomic E-state index is 6.42. The van der Waals surface area contributed by atoms with Crippen LogP contribution >= 0.6 is 0 Å². The number of rotatable bonds is 10. The number of hydrogen-bond acceptors (Lipinski definition) is 5. The van der Waals surface area contributed by atoms with Gasteiger partial charge in [0, 0.05) is 0 Å². The quantitative estimate of drug-likeness (QED) is 0.483. The molecule has 2 radical (unpaired) electrons. The molecular formula is C12H36O5Si6. The fourth-order valence-electron chi connectivity index (χ4n) is 2.84. The van der Waals surface area contributed by atoms with Crippen molar-refractivity contribution in [2.45, 2.75) is 78.6 Å². The second-order valence-electron chi connectivity index (χ2n) is 8.43. The first kappa shape index (κ1) is 24.1. The molecule has 0 aromatic heterocycles. The predicted molar refractivity (Wildman–Crippen MR) is 110 cm³/mol. The van der Waals surface area contributed by atoms with Crippen LogP contribution in [0.3, 0.4) is 0 Å². The summed E-state index contributed by atoms with van der Waals surface area (Å²) in [4.78, 5) is 0. The topological polar surface area (TPSA) is 46.2 Å². The van der Waals surface area contributed by atoms with Gasteiger partial charge in [0.25, 0.3) is 0 Å². The Hall–Kier alpha value is 1.10. The van der Waals surface area contributed by atoms with E-state index in [0.29, 0.717) is 9.76 Å². The van der Waals surface area contributed by atoms with E-state index in [4.69, 9.17) is 20.6 Å². The second kappa shape index (κ2) is 8.20. The third-order valence-electron chi connectivity index (χ3n) is 2.37. The monoisotopic (exact) mass is 428 g/mol. The van der Waals surface area contributed by atoms with Crippen LogP contribution in [0.15, 0.2) is 0 Å². The van der Waals surface area contributed by atoms with E-state index in [1.165, 1.54) is 0 Å². The smallest absolute Gasteiger partial charge is 0.314 e. The molecule has 0 aliphatic rings. The van der Waals surface area contributed by atoms with E-state index in [1.54, 1.807) is 0 Å². The van der Waals surface area contributed by atoms with Gasteiger partial charge in [0.2, 0.25) is 9.76 Å². The van der Waals surface area contributed by atoms with Gasteiger partial charge in [-0.3, -0.25) is 0 Å². The van der Waals surface area contributed by atoms with Crippen molar-refractivity contribution in [2.24, 2.45) is 0 Å². The van der Waals surface area contributed by atoms with Crippen molar-refractivity contribution < 1.29 is 20.6 Å². The van der Waals surface area contributed by atoms with E-state index in [-0.39, 0.29) is 0 Å². The van der Waals surface area contributed by atoms with Gasteiger partial charge in [-0.15, -0.1) is 0 Å². The summed E-state index contributed by atoms with van der Waals surface area (Å²) >= 11 is 0. The van der Waals surface area contributed by atoms with Crippen molar-refractivity contribution in [2.75, 3.05) is 0 Å². The fraction of sp³-hybridized carbons (Fsp3) is 1.00. The molecule has 0 amide bonds. The third kappa shape index (κ3) is 12.1. The Kier molecular flexibility index (Phi) is 8.59. The molecular weight excluding hydrogens is 393 g/mol. The van der Waals surface area contributed by atoms with Crippen molar-refractivity contribution in [3.63, 3.8) is 0 Å².